The molecule has 122 valence electrons. The van der Waals surface area contributed by atoms with Gasteiger partial charge in [0, 0.05) is 6.54 Å². The third-order valence-electron chi connectivity index (χ3n) is 2.55. The number of amides is 1. The second-order valence-electron chi connectivity index (χ2n) is 4.28. The summed E-state index contributed by atoms with van der Waals surface area (Å²) >= 11 is 2.14. The second kappa shape index (κ2) is 7.60. The van der Waals surface area contributed by atoms with Gasteiger partial charge in [-0.05, 0) is 17.5 Å². The summed E-state index contributed by atoms with van der Waals surface area (Å²) in [6.45, 7) is 3.75. The van der Waals surface area contributed by atoms with E-state index in [2.05, 4.69) is 21.9 Å². The molecule has 2 heterocycles. The molecule has 4 nitrogen and oxygen atoms in total. The van der Waals surface area contributed by atoms with E-state index in [0.29, 0.717) is 11.4 Å². The van der Waals surface area contributed by atoms with Gasteiger partial charge in [-0.2, -0.15) is 13.2 Å². The number of carbonyl (C=O) groups excluding carboxylic acids is 1. The van der Waals surface area contributed by atoms with Gasteiger partial charge < -0.3 is 5.32 Å². The molecule has 23 heavy (non-hydrogen) atoms. The van der Waals surface area contributed by atoms with Gasteiger partial charge in [0.25, 0.3) is 0 Å². The number of hydrogen-bond acceptors (Lipinski definition) is 5. The van der Waals surface area contributed by atoms with Crippen LogP contribution in [-0.4, -0.2) is 28.2 Å². The molecule has 9 heteroatoms. The summed E-state index contributed by atoms with van der Waals surface area (Å²) in [7, 11) is 0. The fourth-order valence-electron chi connectivity index (χ4n) is 1.55. The van der Waals surface area contributed by atoms with Crippen molar-refractivity contribution in [1.82, 2.24) is 15.3 Å². The molecule has 0 spiro atoms. The zero-order valence-electron chi connectivity index (χ0n) is 11.8. The van der Waals surface area contributed by atoms with Crippen molar-refractivity contribution < 1.29 is 18.0 Å². The lowest BCUT2D eigenvalue weighted by Crippen LogP contribution is -2.25. The molecule has 2 aromatic heterocycles. The number of thiophene rings is 1. The SMILES string of the molecule is C=CCNC(=O)CSc1nc(-c2cccs2)cc(C(F)(F)F)n1. The number of alkyl halides is 3. The zero-order chi connectivity index (χ0) is 16.9. The average Bonchev–Trinajstić information content (AvgIpc) is 3.04. The van der Waals surface area contributed by atoms with Crippen molar-refractivity contribution in [1.29, 1.82) is 0 Å². The monoisotopic (exact) mass is 359 g/mol. The summed E-state index contributed by atoms with van der Waals surface area (Å²) < 4.78 is 38.9. The van der Waals surface area contributed by atoms with Crippen molar-refractivity contribution in [3.05, 3.63) is 41.9 Å². The summed E-state index contributed by atoms with van der Waals surface area (Å²) in [5.74, 6) is -0.396. The van der Waals surface area contributed by atoms with E-state index in [9.17, 15) is 18.0 Å². The van der Waals surface area contributed by atoms with Gasteiger partial charge in [0.2, 0.25) is 5.91 Å². The van der Waals surface area contributed by atoms with Crippen LogP contribution in [0.5, 0.6) is 0 Å². The normalized spacial score (nSPS) is 11.3. The number of nitrogens with zero attached hydrogens (tertiary/aromatic N) is 2. The smallest absolute Gasteiger partial charge is 0.352 e. The minimum absolute atomic E-state index is 0.0704. The highest BCUT2D eigenvalue weighted by Gasteiger charge is 2.34. The van der Waals surface area contributed by atoms with E-state index in [1.807, 2.05) is 0 Å². The van der Waals surface area contributed by atoms with E-state index in [1.165, 1.54) is 17.4 Å². The molecule has 0 saturated carbocycles. The van der Waals surface area contributed by atoms with Gasteiger partial charge in [0.1, 0.15) is 5.69 Å². The van der Waals surface area contributed by atoms with E-state index in [4.69, 9.17) is 0 Å². The van der Waals surface area contributed by atoms with Gasteiger partial charge in [-0.15, -0.1) is 17.9 Å². The molecule has 0 aliphatic heterocycles. The molecule has 0 aliphatic carbocycles. The quantitative estimate of drug-likeness (QED) is 0.486. The fourth-order valence-corrected chi connectivity index (χ4v) is 2.93. The fraction of sp³-hybridized carbons (Fsp3) is 0.214. The predicted molar refractivity (Wildman–Crippen MR) is 84.3 cm³/mol. The number of nitrogens with one attached hydrogen (secondary N) is 1. The van der Waals surface area contributed by atoms with E-state index < -0.39 is 11.9 Å². The van der Waals surface area contributed by atoms with Crippen molar-refractivity contribution in [3.8, 4) is 10.6 Å². The molecule has 2 aromatic rings. The minimum Gasteiger partial charge on any atom is -0.352 e. The zero-order valence-corrected chi connectivity index (χ0v) is 13.4. The number of halogens is 3. The van der Waals surface area contributed by atoms with E-state index in [-0.39, 0.29) is 22.5 Å². The molecule has 1 N–H and O–H groups in total. The summed E-state index contributed by atoms with van der Waals surface area (Å²) in [4.78, 5) is 19.7. The maximum Gasteiger partial charge on any atom is 0.433 e. The van der Waals surface area contributed by atoms with Gasteiger partial charge in [0.05, 0.1) is 16.3 Å². The van der Waals surface area contributed by atoms with Gasteiger partial charge in [-0.3, -0.25) is 4.79 Å². The van der Waals surface area contributed by atoms with Gasteiger partial charge in [-0.25, -0.2) is 9.97 Å². The second-order valence-corrected chi connectivity index (χ2v) is 6.17. The standard InChI is InChI=1S/C14H12F3N3OS2/c1-2-5-18-12(21)8-23-13-19-9(10-4-3-6-22-10)7-11(20-13)14(15,16)17/h2-4,6-7H,1,5,8H2,(H,18,21). The number of thioether (sulfide) groups is 1. The number of carbonyl (C=O) groups is 1. The minimum atomic E-state index is -4.57. The topological polar surface area (TPSA) is 54.9 Å². The van der Waals surface area contributed by atoms with Gasteiger partial charge in [-0.1, -0.05) is 23.9 Å². The average molecular weight is 359 g/mol. The third kappa shape index (κ3) is 5.07. The highest BCUT2D eigenvalue weighted by molar-refractivity contribution is 7.99. The van der Waals surface area contributed by atoms with Crippen LogP contribution in [0.15, 0.2) is 41.4 Å². The van der Waals surface area contributed by atoms with Crippen molar-refractivity contribution in [3.63, 3.8) is 0 Å². The van der Waals surface area contributed by atoms with Crippen molar-refractivity contribution in [2.45, 2.75) is 11.3 Å². The van der Waals surface area contributed by atoms with Gasteiger partial charge in [0.15, 0.2) is 5.16 Å². The van der Waals surface area contributed by atoms with E-state index in [1.54, 1.807) is 17.5 Å². The molecule has 2 rings (SSSR count). The molecule has 0 unspecified atom stereocenters. The van der Waals surface area contributed by atoms with Crippen LogP contribution in [0, 0.1) is 0 Å². The molecular formula is C14H12F3N3OS2. The van der Waals surface area contributed by atoms with Crippen LogP contribution in [0.4, 0.5) is 13.2 Å². The van der Waals surface area contributed by atoms with Crippen LogP contribution < -0.4 is 5.32 Å². The molecule has 0 radical (unpaired) electrons. The number of rotatable bonds is 6. The summed E-state index contributed by atoms with van der Waals surface area (Å²) in [6, 6.07) is 4.32. The predicted octanol–water partition coefficient (Wildman–Crippen LogP) is 3.62. The highest BCUT2D eigenvalue weighted by Crippen LogP contribution is 2.33. The molecule has 0 saturated heterocycles. The van der Waals surface area contributed by atoms with Crippen LogP contribution in [0.25, 0.3) is 10.6 Å². The lowest BCUT2D eigenvalue weighted by molar-refractivity contribution is -0.141. The van der Waals surface area contributed by atoms with Crippen LogP contribution in [0.2, 0.25) is 0 Å². The van der Waals surface area contributed by atoms with E-state index in [0.717, 1.165) is 17.8 Å². The molecule has 1 amide bonds. The summed E-state index contributed by atoms with van der Waals surface area (Å²) in [5, 5.41) is 4.20. The van der Waals surface area contributed by atoms with Crippen LogP contribution in [0.3, 0.4) is 0 Å². The Kier molecular flexibility index (Phi) is 5.78. The van der Waals surface area contributed by atoms with Crippen LogP contribution >= 0.6 is 23.1 Å². The Morgan fingerprint density at radius 2 is 2.22 bits per heavy atom. The van der Waals surface area contributed by atoms with E-state index >= 15 is 0 Å². The Morgan fingerprint density at radius 3 is 2.83 bits per heavy atom. The van der Waals surface area contributed by atoms with Crippen LogP contribution in [0.1, 0.15) is 5.69 Å². The lowest BCUT2D eigenvalue weighted by atomic mass is 10.3. The summed E-state index contributed by atoms with van der Waals surface area (Å²) in [5.41, 5.74) is -0.832. The first-order chi connectivity index (χ1) is 10.9. The Balaban J connectivity index is 2.23. The Morgan fingerprint density at radius 1 is 1.43 bits per heavy atom. The molecule has 0 atom stereocenters. The van der Waals surface area contributed by atoms with Crippen molar-refractivity contribution in [2.24, 2.45) is 0 Å². The maximum atomic E-state index is 13.0. The largest absolute Gasteiger partial charge is 0.433 e. The first-order valence-electron chi connectivity index (χ1n) is 6.40. The Labute approximate surface area is 138 Å². The Bertz CT molecular complexity index is 687. The van der Waals surface area contributed by atoms with Crippen molar-refractivity contribution in [2.75, 3.05) is 12.3 Å². The van der Waals surface area contributed by atoms with Gasteiger partial charge >= 0.3 is 6.18 Å². The number of hydrogen-bond donors (Lipinski definition) is 1. The first-order valence-corrected chi connectivity index (χ1v) is 8.27. The van der Waals surface area contributed by atoms with Crippen molar-refractivity contribution >= 4 is 29.0 Å². The Hall–Kier alpha value is -1.87. The maximum absolute atomic E-state index is 13.0. The molecule has 0 aromatic carbocycles. The van der Waals surface area contributed by atoms with Crippen LogP contribution in [-0.2, 0) is 11.0 Å². The highest BCUT2D eigenvalue weighted by atomic mass is 32.2. The molecular weight excluding hydrogens is 347 g/mol. The number of aromatic nitrogens is 2. The first kappa shape index (κ1) is 17.5. The molecule has 0 bridgehead atoms. The molecule has 0 aliphatic rings. The summed E-state index contributed by atoms with van der Waals surface area (Å²) in [6.07, 6.45) is -3.06. The lowest BCUT2D eigenvalue weighted by Gasteiger charge is -2.09. The molecule has 0 fully saturated rings. The third-order valence-corrected chi connectivity index (χ3v) is 4.29.